The van der Waals surface area contributed by atoms with Crippen LogP contribution in [0.5, 0.6) is 0 Å². The van der Waals surface area contributed by atoms with Gasteiger partial charge in [0.2, 0.25) is 0 Å². The Morgan fingerprint density at radius 2 is 0.446 bits per heavy atom. The molecule has 0 radical (unpaired) electrons. The van der Waals surface area contributed by atoms with Gasteiger partial charge in [-0.2, -0.15) is 0 Å². The molecule has 4 aliphatic heterocycles. The Morgan fingerprint density at radius 3 is 0.685 bits per heavy atom. The topological polar surface area (TPSA) is 330 Å². The number of hydrogen-bond donors (Lipinski definition) is 2. The summed E-state index contributed by atoms with van der Waals surface area (Å²) in [6.45, 7) is 90.8. The van der Waals surface area contributed by atoms with Gasteiger partial charge in [-0.15, -0.1) is 0 Å². The van der Waals surface area contributed by atoms with Crippen LogP contribution in [-0.2, 0) is 120 Å². The first-order valence-electron chi connectivity index (χ1n) is 47.1. The summed E-state index contributed by atoms with van der Waals surface area (Å²) in [5.41, 5.74) is 1.30. The van der Waals surface area contributed by atoms with Crippen LogP contribution in [0.3, 0.4) is 0 Å². The molecule has 4 aliphatic rings. The maximum Gasteiger partial charge on any atom is 0.333 e. The van der Waals surface area contributed by atoms with Crippen LogP contribution in [0, 0.1) is 0 Å². The van der Waals surface area contributed by atoms with E-state index >= 15 is 0 Å². The van der Waals surface area contributed by atoms with Gasteiger partial charge in [0, 0.05) is 22.3 Å². The molecule has 13 unspecified atom stereocenters. The summed E-state index contributed by atoms with van der Waals surface area (Å²) in [5, 5.41) is 0. The zero-order valence-electron chi connectivity index (χ0n) is 87.4. The quantitative estimate of drug-likeness (QED) is 0.0188. The van der Waals surface area contributed by atoms with Crippen molar-refractivity contribution in [1.82, 2.24) is 0 Å². The molecular formula is C76H178O30Si24. The Balaban J connectivity index is 1.63. The van der Waals surface area contributed by atoms with E-state index in [-0.39, 0.29) is 26.4 Å². The van der Waals surface area contributed by atoms with Crippen molar-refractivity contribution >= 4 is 231 Å². The Labute approximate surface area is 813 Å². The Kier molecular flexibility index (Phi) is 46.3. The minimum atomic E-state index is -3.38. The second-order valence-corrected chi connectivity index (χ2v) is 131. The predicted octanol–water partition coefficient (Wildman–Crippen LogP) is 19.1. The smallest absolute Gasteiger partial charge is 0.333 e. The summed E-state index contributed by atoms with van der Waals surface area (Å²) in [6.07, 6.45) is 2.62. The van der Waals surface area contributed by atoms with Gasteiger partial charge in [-0.05, 0) is 378 Å². The Hall–Kier alpha value is 1.17. The third-order valence-corrected chi connectivity index (χ3v) is 121. The van der Waals surface area contributed by atoms with Gasteiger partial charge in [-0.3, -0.25) is 0 Å². The van der Waals surface area contributed by atoms with Gasteiger partial charge < -0.3 is 111 Å². The fraction of sp³-hybridized carbons (Fsp3) is 0.842. The fourth-order valence-corrected chi connectivity index (χ4v) is 143. The van der Waals surface area contributed by atoms with E-state index in [1.807, 2.05) is 32.7 Å². The van der Waals surface area contributed by atoms with Crippen LogP contribution >= 0.6 is 0 Å². The highest BCUT2D eigenvalue weighted by atomic mass is 28.5. The lowest BCUT2D eigenvalue weighted by Gasteiger charge is -2.51. The molecule has 130 heavy (non-hydrogen) atoms. The van der Waals surface area contributed by atoms with Gasteiger partial charge in [-0.1, -0.05) is 33.2 Å². The average Bonchev–Trinajstić information content (AvgIpc) is 0.770. The van der Waals surface area contributed by atoms with E-state index in [0.29, 0.717) is 139 Å². The molecule has 0 spiro atoms. The lowest BCUT2D eigenvalue weighted by atomic mass is 10.4. The SMILES string of the molecule is C=C(C)C(=O)OCCC[Si]1(C)O[Si](C)(C)O[Si](C)(CC[Si](C)(C)O[Si](C)(C)O[Si](C)(C)CC[Si]2(C)O[SiH2]O[Si](C)(CCC[Si]3(C)O[Si](C)(CCCOC(=O)C(=C)C)O[Si](C)(CCCOC(=O)C(=C)C)O[Si](C)(CC[Si](C)(C)O[Si](C)(C)O[Si](C)(C)CC[Si]4(C)O[SiH2]O[Si](C)(CC)O[Si](C)(CC[Si](C)(C)O)O4)O3)O[Si](C)(CC[Si](C)(C)O)O2)O[Si](C)(CCCOC(=O)C(=C)C)O1. The molecule has 0 bridgehead atoms. The number of carbonyl (C=O) groups excluding carboxylic acids is 4. The zero-order chi connectivity index (χ0) is 99.8. The standard InChI is InChI=1S/C76H178O30Si24/c1-41-118(28)87-107-89-120(30,99-128(38,97-118)63-57-109(10,11)81)65-59-111(14,15)92-116(24,25)94-114(20,21)62-68-130(40)105-125(35,54-45-50-86-76(80)72(8)9)102-124(34,53-44-49-85-75(79)71(6)7)103-126(36,106-130)56-46-55-119(29)88-108-90-121(31,100-129(39,98-119)64-58-110(12,13)82)66-60-112(16,17)91-115(22,23)93-113(18,19)61-67-127(37)96-117(26,27)95-122(32,51-42-47-83-73(77)69(2)3)101-123(33,104-127)52-43-48-84-74(78)70(4)5/h81-82H,2,4,6,8,41-68,107-108H2,1,3,5,7,9-40H3. The van der Waals surface area contributed by atoms with Crippen molar-refractivity contribution in [3.8, 4) is 0 Å². The number of ether oxygens (including phenoxy) is 4. The Bertz CT molecular complexity index is 3790. The van der Waals surface area contributed by atoms with Crippen molar-refractivity contribution in [3.05, 3.63) is 48.6 Å². The number of esters is 4. The predicted molar refractivity (Wildman–Crippen MR) is 575 cm³/mol. The van der Waals surface area contributed by atoms with E-state index in [1.54, 1.807) is 27.7 Å². The van der Waals surface area contributed by atoms with Crippen LogP contribution in [0.2, 0.25) is 318 Å². The molecule has 0 aromatic rings. The molecule has 4 heterocycles. The van der Waals surface area contributed by atoms with Gasteiger partial charge in [0.05, 0.1) is 26.4 Å². The largest absolute Gasteiger partial charge is 0.462 e. The fourth-order valence-electron chi connectivity index (χ4n) is 17.5. The van der Waals surface area contributed by atoms with Crippen LogP contribution in [-0.4, -0.2) is 267 Å². The average molecular weight is 2250 g/mol. The van der Waals surface area contributed by atoms with E-state index < -0.39 is 231 Å². The normalized spacial score (nSPS) is 31.9. The minimum Gasteiger partial charge on any atom is -0.462 e. The first-order chi connectivity index (χ1) is 58.5. The molecule has 0 aromatic carbocycles. The highest BCUT2D eigenvalue weighted by Gasteiger charge is 2.61. The maximum absolute atomic E-state index is 12.8. The van der Waals surface area contributed by atoms with E-state index in [4.69, 9.17) is 101 Å². The summed E-state index contributed by atoms with van der Waals surface area (Å²) in [5.74, 6) is -1.80. The lowest BCUT2D eigenvalue weighted by Crippen LogP contribution is -2.67. The summed E-state index contributed by atoms with van der Waals surface area (Å²) in [6, 6.07) is 12.1. The molecule has 0 aromatic heterocycles. The third kappa shape index (κ3) is 46.3. The monoisotopic (exact) mass is 2240 g/mol. The second kappa shape index (κ2) is 48.7. The van der Waals surface area contributed by atoms with Crippen molar-refractivity contribution in [2.75, 3.05) is 26.4 Å². The van der Waals surface area contributed by atoms with Gasteiger partial charge in [-0.25, -0.2) is 19.2 Å². The van der Waals surface area contributed by atoms with Crippen LogP contribution in [0.25, 0.3) is 0 Å². The minimum absolute atomic E-state index is 0.141. The summed E-state index contributed by atoms with van der Waals surface area (Å²) in [7, 11) is -66.9. The van der Waals surface area contributed by atoms with Gasteiger partial charge in [0.15, 0.2) is 49.9 Å². The number of hydrogen-bond acceptors (Lipinski definition) is 30. The number of rotatable bonds is 51. The van der Waals surface area contributed by atoms with E-state index in [0.717, 1.165) is 30.2 Å². The first kappa shape index (κ1) is 123. The highest BCUT2D eigenvalue weighted by molar-refractivity contribution is 6.98. The van der Waals surface area contributed by atoms with Crippen molar-refractivity contribution in [3.63, 3.8) is 0 Å². The summed E-state index contributed by atoms with van der Waals surface area (Å²) >= 11 is 0. The highest BCUT2D eigenvalue weighted by Crippen LogP contribution is 2.46. The van der Waals surface area contributed by atoms with Crippen molar-refractivity contribution in [2.24, 2.45) is 0 Å². The molecule has 30 nitrogen and oxygen atoms in total. The third-order valence-electron chi connectivity index (χ3n) is 23.2. The first-order valence-corrected chi connectivity index (χ1v) is 109. The van der Waals surface area contributed by atoms with E-state index in [2.05, 4.69) is 203 Å². The van der Waals surface area contributed by atoms with E-state index in [9.17, 15) is 28.8 Å². The van der Waals surface area contributed by atoms with Gasteiger partial charge >= 0.3 is 161 Å². The van der Waals surface area contributed by atoms with Gasteiger partial charge in [0.1, 0.15) is 0 Å². The van der Waals surface area contributed by atoms with Crippen molar-refractivity contribution < 1.29 is 130 Å². The summed E-state index contributed by atoms with van der Waals surface area (Å²) in [4.78, 5) is 73.0. The molecular weight excluding hydrogens is 2070 g/mol. The molecule has 0 saturated carbocycles. The molecule has 4 saturated heterocycles. The molecule has 54 heteroatoms. The van der Waals surface area contributed by atoms with Crippen LogP contribution in [0.1, 0.15) is 66.7 Å². The molecule has 13 atom stereocenters. The zero-order valence-corrected chi connectivity index (χ0v) is 112. The summed E-state index contributed by atoms with van der Waals surface area (Å²) < 4.78 is 169. The lowest BCUT2D eigenvalue weighted by molar-refractivity contribution is -0.139. The molecule has 758 valence electrons. The van der Waals surface area contributed by atoms with E-state index in [1.165, 1.54) is 0 Å². The second-order valence-electron chi connectivity index (χ2n) is 44.3. The number of carbonyl (C=O) groups is 4. The molecule has 4 fully saturated rings. The Morgan fingerprint density at radius 1 is 0.269 bits per heavy atom. The van der Waals surface area contributed by atoms with Crippen molar-refractivity contribution in [1.29, 1.82) is 0 Å². The molecule has 0 amide bonds. The van der Waals surface area contributed by atoms with Crippen LogP contribution < -0.4 is 0 Å². The molecule has 0 aliphatic carbocycles. The molecule has 2 N–H and O–H groups in total. The van der Waals surface area contributed by atoms with Gasteiger partial charge in [0.25, 0.3) is 20.0 Å². The van der Waals surface area contributed by atoms with Crippen LogP contribution in [0.15, 0.2) is 48.6 Å². The van der Waals surface area contributed by atoms with Crippen LogP contribution in [0.4, 0.5) is 0 Å². The maximum atomic E-state index is 12.8. The molecule has 4 rings (SSSR count). The van der Waals surface area contributed by atoms with Crippen molar-refractivity contribution in [2.45, 2.75) is 385 Å².